The molecule has 0 amide bonds. The first-order chi connectivity index (χ1) is 11.8. The van der Waals surface area contributed by atoms with Crippen LogP contribution in [0.1, 0.15) is 25.0 Å². The number of benzene rings is 1. The zero-order valence-electron chi connectivity index (χ0n) is 14.9. The fourth-order valence-electron chi connectivity index (χ4n) is 2.29. The fourth-order valence-corrected chi connectivity index (χ4v) is 2.29. The number of ether oxygens (including phenoxy) is 1. The molecule has 2 aromatic rings. The summed E-state index contributed by atoms with van der Waals surface area (Å²) in [5.74, 6) is 1.46. The van der Waals surface area contributed by atoms with Crippen LogP contribution in [0.2, 0.25) is 0 Å². The van der Waals surface area contributed by atoms with Crippen LogP contribution in [0.15, 0.2) is 53.7 Å². The van der Waals surface area contributed by atoms with E-state index in [-0.39, 0.29) is 24.0 Å². The number of aliphatic imine (C=N–C) groups is 1. The highest BCUT2D eigenvalue weighted by atomic mass is 127. The van der Waals surface area contributed by atoms with Crippen LogP contribution in [-0.4, -0.2) is 30.6 Å². The van der Waals surface area contributed by atoms with Gasteiger partial charge in [0, 0.05) is 24.8 Å². The Bertz CT molecular complexity index is 634. The average Bonchev–Trinajstić information content (AvgIpc) is 2.62. The molecule has 5 nitrogen and oxygen atoms in total. The largest absolute Gasteiger partial charge is 0.478 e. The molecule has 0 aliphatic carbocycles. The van der Waals surface area contributed by atoms with Crippen molar-refractivity contribution in [3.63, 3.8) is 0 Å². The number of rotatable bonds is 8. The molecule has 0 saturated heterocycles. The van der Waals surface area contributed by atoms with Crippen molar-refractivity contribution in [1.29, 1.82) is 0 Å². The van der Waals surface area contributed by atoms with Crippen molar-refractivity contribution in [2.75, 3.05) is 19.7 Å². The van der Waals surface area contributed by atoms with Gasteiger partial charge in [0.2, 0.25) is 5.88 Å². The second kappa shape index (κ2) is 12.5. The summed E-state index contributed by atoms with van der Waals surface area (Å²) in [5, 5.41) is 6.64. The summed E-state index contributed by atoms with van der Waals surface area (Å²) in [6, 6.07) is 14.3. The Labute approximate surface area is 167 Å². The molecular formula is C19H27IN4O. The molecule has 0 unspecified atom stereocenters. The fraction of sp³-hybridized carbons (Fsp3) is 0.368. The molecular weight excluding hydrogens is 427 g/mol. The Morgan fingerprint density at radius 2 is 1.88 bits per heavy atom. The molecule has 136 valence electrons. The Morgan fingerprint density at radius 3 is 2.60 bits per heavy atom. The minimum Gasteiger partial charge on any atom is -0.478 e. The third-order valence-corrected chi connectivity index (χ3v) is 3.43. The number of nitrogens with one attached hydrogen (secondary N) is 2. The first kappa shape index (κ1) is 21.2. The Morgan fingerprint density at radius 1 is 1.08 bits per heavy atom. The maximum atomic E-state index is 5.55. The van der Waals surface area contributed by atoms with Gasteiger partial charge >= 0.3 is 0 Å². The molecule has 0 aliphatic heterocycles. The molecule has 0 atom stereocenters. The van der Waals surface area contributed by atoms with E-state index in [0.717, 1.165) is 31.0 Å². The van der Waals surface area contributed by atoms with Gasteiger partial charge in [-0.25, -0.2) is 9.98 Å². The summed E-state index contributed by atoms with van der Waals surface area (Å²) in [5.41, 5.74) is 2.30. The van der Waals surface area contributed by atoms with Gasteiger partial charge in [-0.3, -0.25) is 0 Å². The maximum Gasteiger partial charge on any atom is 0.218 e. The van der Waals surface area contributed by atoms with Gasteiger partial charge in [-0.2, -0.15) is 0 Å². The standard InChI is InChI=1S/C19H26N4O.HI/c1-3-20-19(22-14-12-16-9-6-5-7-10-16)23-15-17-11-8-13-21-18(17)24-4-2;/h5-11,13H,3-4,12,14-15H2,1-2H3,(H2,20,22,23);1H. The number of hydrogen-bond acceptors (Lipinski definition) is 3. The summed E-state index contributed by atoms with van der Waals surface area (Å²) < 4.78 is 5.55. The number of hydrogen-bond donors (Lipinski definition) is 2. The minimum atomic E-state index is 0. The van der Waals surface area contributed by atoms with E-state index in [1.165, 1.54) is 5.56 Å². The van der Waals surface area contributed by atoms with Gasteiger partial charge in [0.05, 0.1) is 13.2 Å². The lowest BCUT2D eigenvalue weighted by Gasteiger charge is -2.12. The Kier molecular flexibility index (Phi) is 10.6. The average molecular weight is 454 g/mol. The molecule has 0 radical (unpaired) electrons. The summed E-state index contributed by atoms with van der Waals surface area (Å²) in [6.07, 6.45) is 2.70. The van der Waals surface area contributed by atoms with Gasteiger partial charge in [0.1, 0.15) is 0 Å². The predicted molar refractivity (Wildman–Crippen MR) is 114 cm³/mol. The van der Waals surface area contributed by atoms with Crippen molar-refractivity contribution in [2.45, 2.75) is 26.8 Å². The first-order valence-electron chi connectivity index (χ1n) is 8.46. The van der Waals surface area contributed by atoms with Gasteiger partial charge in [-0.15, -0.1) is 24.0 Å². The zero-order chi connectivity index (χ0) is 17.0. The molecule has 0 fully saturated rings. The third-order valence-electron chi connectivity index (χ3n) is 3.43. The molecule has 2 rings (SSSR count). The molecule has 0 bridgehead atoms. The first-order valence-corrected chi connectivity index (χ1v) is 8.46. The van der Waals surface area contributed by atoms with Crippen LogP contribution in [0.5, 0.6) is 5.88 Å². The zero-order valence-corrected chi connectivity index (χ0v) is 17.2. The third kappa shape index (κ3) is 7.72. The molecule has 1 aromatic heterocycles. The predicted octanol–water partition coefficient (Wildman–Crippen LogP) is 3.40. The lowest BCUT2D eigenvalue weighted by Crippen LogP contribution is -2.38. The number of aromatic nitrogens is 1. The molecule has 6 heteroatoms. The lowest BCUT2D eigenvalue weighted by atomic mass is 10.1. The summed E-state index contributed by atoms with van der Waals surface area (Å²) in [7, 11) is 0. The van der Waals surface area contributed by atoms with E-state index in [0.29, 0.717) is 19.0 Å². The van der Waals surface area contributed by atoms with Gasteiger partial charge in [0.15, 0.2) is 5.96 Å². The number of guanidine groups is 1. The molecule has 25 heavy (non-hydrogen) atoms. The lowest BCUT2D eigenvalue weighted by molar-refractivity contribution is 0.323. The van der Waals surface area contributed by atoms with E-state index in [1.807, 2.05) is 25.1 Å². The van der Waals surface area contributed by atoms with Crippen molar-refractivity contribution in [2.24, 2.45) is 4.99 Å². The molecule has 0 spiro atoms. The summed E-state index contributed by atoms with van der Waals surface area (Å²) in [6.45, 7) is 6.80. The van der Waals surface area contributed by atoms with Crippen LogP contribution in [0.25, 0.3) is 0 Å². The number of nitrogens with zero attached hydrogens (tertiary/aromatic N) is 2. The van der Waals surface area contributed by atoms with E-state index < -0.39 is 0 Å². The van der Waals surface area contributed by atoms with Gasteiger partial charge < -0.3 is 15.4 Å². The van der Waals surface area contributed by atoms with Gasteiger partial charge in [0.25, 0.3) is 0 Å². The van der Waals surface area contributed by atoms with Crippen LogP contribution in [0.4, 0.5) is 0 Å². The topological polar surface area (TPSA) is 58.5 Å². The van der Waals surface area contributed by atoms with E-state index in [4.69, 9.17) is 4.74 Å². The molecule has 2 N–H and O–H groups in total. The molecule has 0 aliphatic rings. The smallest absolute Gasteiger partial charge is 0.218 e. The van der Waals surface area contributed by atoms with Crippen LogP contribution in [0, 0.1) is 0 Å². The van der Waals surface area contributed by atoms with Crippen LogP contribution in [0.3, 0.4) is 0 Å². The molecule has 1 aromatic carbocycles. The highest BCUT2D eigenvalue weighted by molar-refractivity contribution is 14.0. The van der Waals surface area contributed by atoms with E-state index in [1.54, 1.807) is 6.20 Å². The van der Waals surface area contributed by atoms with Crippen molar-refractivity contribution in [1.82, 2.24) is 15.6 Å². The van der Waals surface area contributed by atoms with Crippen molar-refractivity contribution in [3.8, 4) is 5.88 Å². The number of halogens is 1. The summed E-state index contributed by atoms with van der Waals surface area (Å²) >= 11 is 0. The Hall–Kier alpha value is -1.83. The normalized spacial score (nSPS) is 10.7. The molecule has 0 saturated carbocycles. The van der Waals surface area contributed by atoms with Crippen LogP contribution < -0.4 is 15.4 Å². The van der Waals surface area contributed by atoms with Crippen molar-refractivity contribution in [3.05, 3.63) is 59.8 Å². The van der Waals surface area contributed by atoms with Crippen LogP contribution >= 0.6 is 24.0 Å². The van der Waals surface area contributed by atoms with E-state index >= 15 is 0 Å². The van der Waals surface area contributed by atoms with Crippen LogP contribution in [-0.2, 0) is 13.0 Å². The molecule has 1 heterocycles. The quantitative estimate of drug-likeness (QED) is 0.365. The second-order valence-corrected chi connectivity index (χ2v) is 5.26. The Balaban J connectivity index is 0.00000312. The monoisotopic (exact) mass is 454 g/mol. The minimum absolute atomic E-state index is 0. The van der Waals surface area contributed by atoms with E-state index in [2.05, 4.69) is 51.8 Å². The van der Waals surface area contributed by atoms with Gasteiger partial charge in [-0.1, -0.05) is 36.4 Å². The van der Waals surface area contributed by atoms with Crippen molar-refractivity contribution < 1.29 is 4.74 Å². The highest BCUT2D eigenvalue weighted by Crippen LogP contribution is 2.15. The SMILES string of the molecule is CCNC(=NCc1cccnc1OCC)NCCc1ccccc1.I. The number of pyridine rings is 1. The second-order valence-electron chi connectivity index (χ2n) is 5.26. The highest BCUT2D eigenvalue weighted by Gasteiger charge is 2.04. The van der Waals surface area contributed by atoms with E-state index in [9.17, 15) is 0 Å². The van der Waals surface area contributed by atoms with Crippen molar-refractivity contribution >= 4 is 29.9 Å². The summed E-state index contributed by atoms with van der Waals surface area (Å²) in [4.78, 5) is 8.89. The van der Waals surface area contributed by atoms with Gasteiger partial charge in [-0.05, 0) is 31.9 Å². The maximum absolute atomic E-state index is 5.55.